The van der Waals surface area contributed by atoms with Crippen LogP contribution in [-0.2, 0) is 11.2 Å². The van der Waals surface area contributed by atoms with Gasteiger partial charge in [-0.1, -0.05) is 0 Å². The van der Waals surface area contributed by atoms with Crippen molar-refractivity contribution >= 4 is 5.91 Å². The van der Waals surface area contributed by atoms with Gasteiger partial charge in [0.25, 0.3) is 0 Å². The van der Waals surface area contributed by atoms with Crippen molar-refractivity contribution in [2.45, 2.75) is 33.6 Å². The summed E-state index contributed by atoms with van der Waals surface area (Å²) in [6.45, 7) is 8.03. The number of carbonyl (C=O) groups excluding carboxylic acids is 1. The maximum absolute atomic E-state index is 12.0. The van der Waals surface area contributed by atoms with Gasteiger partial charge in [0, 0.05) is 31.5 Å². The van der Waals surface area contributed by atoms with Crippen molar-refractivity contribution in [3.63, 3.8) is 0 Å². The zero-order chi connectivity index (χ0) is 16.7. The van der Waals surface area contributed by atoms with Gasteiger partial charge in [-0.2, -0.15) is 0 Å². The van der Waals surface area contributed by atoms with E-state index in [2.05, 4.69) is 4.98 Å². The molecule has 0 saturated carbocycles. The molecule has 1 amide bonds. The summed E-state index contributed by atoms with van der Waals surface area (Å²) in [6.07, 6.45) is 2.64. The van der Waals surface area contributed by atoms with Crippen molar-refractivity contribution in [3.8, 4) is 17.1 Å². The van der Waals surface area contributed by atoms with Crippen LogP contribution in [0.5, 0.6) is 5.75 Å². The predicted octanol–water partition coefficient (Wildman–Crippen LogP) is 3.54. The highest BCUT2D eigenvalue weighted by atomic mass is 16.5. The molecule has 5 nitrogen and oxygen atoms in total. The number of aryl methyl sites for hydroxylation is 1. The maximum atomic E-state index is 12.0. The lowest BCUT2D eigenvalue weighted by molar-refractivity contribution is -0.130. The van der Waals surface area contributed by atoms with Crippen LogP contribution >= 0.6 is 0 Å². The standard InChI is InChI=1S/C18H24N2O3/c1-4-20(5-2)18(21)12-11-17-19-13-16(23-17)14-7-9-15(10-8-14)22-6-3/h7-10,13H,4-6,11-12H2,1-3H3. The van der Waals surface area contributed by atoms with E-state index in [0.717, 1.165) is 24.4 Å². The minimum atomic E-state index is 0.135. The van der Waals surface area contributed by atoms with E-state index in [0.29, 0.717) is 31.1 Å². The Labute approximate surface area is 137 Å². The molecular formula is C18H24N2O3. The highest BCUT2D eigenvalue weighted by Gasteiger charge is 2.12. The first kappa shape index (κ1) is 17.1. The molecule has 0 atom stereocenters. The molecule has 23 heavy (non-hydrogen) atoms. The summed E-state index contributed by atoms with van der Waals surface area (Å²) in [4.78, 5) is 18.1. The second-order valence-electron chi connectivity index (χ2n) is 5.14. The Morgan fingerprint density at radius 3 is 2.48 bits per heavy atom. The minimum Gasteiger partial charge on any atom is -0.494 e. The lowest BCUT2D eigenvalue weighted by Crippen LogP contribution is -2.30. The summed E-state index contributed by atoms with van der Waals surface area (Å²) in [5, 5.41) is 0. The zero-order valence-corrected chi connectivity index (χ0v) is 14.0. The molecule has 0 fully saturated rings. The molecule has 0 aliphatic rings. The van der Waals surface area contributed by atoms with E-state index in [1.807, 2.05) is 49.9 Å². The topological polar surface area (TPSA) is 55.6 Å². The van der Waals surface area contributed by atoms with Gasteiger partial charge in [0.05, 0.1) is 12.8 Å². The third-order valence-corrected chi connectivity index (χ3v) is 3.67. The molecule has 0 N–H and O–H groups in total. The van der Waals surface area contributed by atoms with Gasteiger partial charge in [0.1, 0.15) is 5.75 Å². The second kappa shape index (κ2) is 8.36. The lowest BCUT2D eigenvalue weighted by atomic mass is 10.2. The highest BCUT2D eigenvalue weighted by Crippen LogP contribution is 2.23. The van der Waals surface area contributed by atoms with Gasteiger partial charge in [-0.05, 0) is 45.0 Å². The molecule has 0 aliphatic carbocycles. The maximum Gasteiger partial charge on any atom is 0.223 e. The van der Waals surface area contributed by atoms with Gasteiger partial charge in [-0.25, -0.2) is 4.98 Å². The smallest absolute Gasteiger partial charge is 0.223 e. The van der Waals surface area contributed by atoms with Crippen molar-refractivity contribution in [1.82, 2.24) is 9.88 Å². The SMILES string of the molecule is CCOc1ccc(-c2cnc(CCC(=O)N(CC)CC)o2)cc1. The third kappa shape index (κ3) is 4.58. The summed E-state index contributed by atoms with van der Waals surface area (Å²) in [5.41, 5.74) is 0.947. The Bertz CT molecular complexity index is 615. The molecule has 1 aromatic carbocycles. The Morgan fingerprint density at radius 1 is 1.17 bits per heavy atom. The summed E-state index contributed by atoms with van der Waals surface area (Å²) >= 11 is 0. The van der Waals surface area contributed by atoms with Crippen LogP contribution in [-0.4, -0.2) is 35.5 Å². The number of amides is 1. The fourth-order valence-corrected chi connectivity index (χ4v) is 2.39. The number of carbonyl (C=O) groups is 1. The van der Waals surface area contributed by atoms with Crippen molar-refractivity contribution in [2.75, 3.05) is 19.7 Å². The van der Waals surface area contributed by atoms with E-state index in [1.165, 1.54) is 0 Å². The lowest BCUT2D eigenvalue weighted by Gasteiger charge is -2.17. The number of hydrogen-bond acceptors (Lipinski definition) is 4. The highest BCUT2D eigenvalue weighted by molar-refractivity contribution is 5.76. The van der Waals surface area contributed by atoms with E-state index in [4.69, 9.17) is 9.15 Å². The Balaban J connectivity index is 1.96. The largest absolute Gasteiger partial charge is 0.494 e. The van der Waals surface area contributed by atoms with Crippen LogP contribution in [0.25, 0.3) is 11.3 Å². The van der Waals surface area contributed by atoms with E-state index in [1.54, 1.807) is 6.20 Å². The van der Waals surface area contributed by atoms with Gasteiger partial charge >= 0.3 is 0 Å². The van der Waals surface area contributed by atoms with Crippen LogP contribution in [0.15, 0.2) is 34.9 Å². The van der Waals surface area contributed by atoms with Gasteiger partial charge < -0.3 is 14.1 Å². The molecule has 0 aliphatic heterocycles. The molecular weight excluding hydrogens is 292 g/mol. The third-order valence-electron chi connectivity index (χ3n) is 3.67. The number of benzene rings is 1. The number of aromatic nitrogens is 1. The summed E-state index contributed by atoms with van der Waals surface area (Å²) < 4.78 is 11.2. The minimum absolute atomic E-state index is 0.135. The molecule has 1 aromatic heterocycles. The summed E-state index contributed by atoms with van der Waals surface area (Å²) in [6, 6.07) is 7.70. The molecule has 2 aromatic rings. The quantitative estimate of drug-likeness (QED) is 0.747. The van der Waals surface area contributed by atoms with Crippen LogP contribution in [0.1, 0.15) is 33.1 Å². The van der Waals surface area contributed by atoms with E-state index < -0.39 is 0 Å². The molecule has 0 spiro atoms. The molecule has 0 radical (unpaired) electrons. The number of oxazole rings is 1. The first-order chi connectivity index (χ1) is 11.2. The molecule has 1 heterocycles. The van der Waals surface area contributed by atoms with Crippen molar-refractivity contribution < 1.29 is 13.9 Å². The van der Waals surface area contributed by atoms with Crippen LogP contribution in [0.3, 0.4) is 0 Å². The first-order valence-electron chi connectivity index (χ1n) is 8.13. The fourth-order valence-electron chi connectivity index (χ4n) is 2.39. The van der Waals surface area contributed by atoms with Crippen molar-refractivity contribution in [2.24, 2.45) is 0 Å². The van der Waals surface area contributed by atoms with Gasteiger partial charge in [0.2, 0.25) is 5.91 Å². The van der Waals surface area contributed by atoms with Gasteiger partial charge in [-0.3, -0.25) is 4.79 Å². The molecule has 0 unspecified atom stereocenters. The predicted molar refractivity (Wildman–Crippen MR) is 89.4 cm³/mol. The second-order valence-corrected chi connectivity index (χ2v) is 5.14. The van der Waals surface area contributed by atoms with Crippen LogP contribution < -0.4 is 4.74 Å². The Hall–Kier alpha value is -2.30. The first-order valence-corrected chi connectivity index (χ1v) is 8.13. The molecule has 2 rings (SSSR count). The molecule has 124 valence electrons. The van der Waals surface area contributed by atoms with Gasteiger partial charge in [-0.15, -0.1) is 0 Å². The molecule has 0 saturated heterocycles. The van der Waals surface area contributed by atoms with Crippen LogP contribution in [0.2, 0.25) is 0 Å². The monoisotopic (exact) mass is 316 g/mol. The van der Waals surface area contributed by atoms with Gasteiger partial charge in [0.15, 0.2) is 11.7 Å². The van der Waals surface area contributed by atoms with Crippen molar-refractivity contribution in [1.29, 1.82) is 0 Å². The van der Waals surface area contributed by atoms with E-state index in [9.17, 15) is 4.79 Å². The average molecular weight is 316 g/mol. The van der Waals surface area contributed by atoms with Crippen molar-refractivity contribution in [3.05, 3.63) is 36.4 Å². The summed E-state index contributed by atoms with van der Waals surface area (Å²) in [7, 11) is 0. The average Bonchev–Trinajstić information content (AvgIpc) is 3.04. The van der Waals surface area contributed by atoms with E-state index >= 15 is 0 Å². The Morgan fingerprint density at radius 2 is 1.87 bits per heavy atom. The number of ether oxygens (including phenoxy) is 1. The Kier molecular flexibility index (Phi) is 6.20. The van der Waals surface area contributed by atoms with E-state index in [-0.39, 0.29) is 5.91 Å². The number of rotatable bonds is 8. The zero-order valence-electron chi connectivity index (χ0n) is 14.0. The molecule has 5 heteroatoms. The van der Waals surface area contributed by atoms with Crippen LogP contribution in [0, 0.1) is 0 Å². The van der Waals surface area contributed by atoms with Crippen LogP contribution in [0.4, 0.5) is 0 Å². The number of hydrogen-bond donors (Lipinski definition) is 0. The summed E-state index contributed by atoms with van der Waals surface area (Å²) in [5.74, 6) is 2.27. The fraction of sp³-hybridized carbons (Fsp3) is 0.444. The normalized spacial score (nSPS) is 10.6. The number of nitrogens with zero attached hydrogens (tertiary/aromatic N) is 2. The molecule has 0 bridgehead atoms.